The maximum absolute atomic E-state index is 6.14. The summed E-state index contributed by atoms with van der Waals surface area (Å²) < 4.78 is 0. The molecule has 0 saturated carbocycles. The van der Waals surface area contributed by atoms with E-state index in [4.69, 9.17) is 17.3 Å². The summed E-state index contributed by atoms with van der Waals surface area (Å²) in [5, 5.41) is 1.72. The van der Waals surface area contributed by atoms with Crippen LogP contribution in [0.1, 0.15) is 10.6 Å². The number of hydrogen-bond acceptors (Lipinski definition) is 3. The number of hydrogen-bond donors (Lipinski definition) is 1. The minimum atomic E-state index is 0.658. The lowest BCUT2D eigenvalue weighted by molar-refractivity contribution is 0.970. The van der Waals surface area contributed by atoms with Gasteiger partial charge in [0, 0.05) is 10.4 Å². The van der Waals surface area contributed by atoms with Gasteiger partial charge >= 0.3 is 0 Å². The molecule has 0 saturated heterocycles. The molecule has 0 unspecified atom stereocenters. The van der Waals surface area contributed by atoms with E-state index in [0.717, 1.165) is 27.7 Å². The normalized spacial score (nSPS) is 10.7. The maximum atomic E-state index is 6.14. The van der Waals surface area contributed by atoms with Gasteiger partial charge in [0.25, 0.3) is 0 Å². The Morgan fingerprint density at radius 2 is 2.12 bits per heavy atom. The minimum absolute atomic E-state index is 0.658. The molecule has 2 N–H and O–H groups in total. The second-order valence-corrected chi connectivity index (χ2v) is 5.04. The quantitative estimate of drug-likeness (QED) is 0.911. The third-order valence-electron chi connectivity index (χ3n) is 2.37. The highest BCUT2D eigenvalue weighted by Crippen LogP contribution is 2.32. The van der Waals surface area contributed by atoms with Gasteiger partial charge in [-0.05, 0) is 26.0 Å². The number of rotatable bonds is 3. The summed E-state index contributed by atoms with van der Waals surface area (Å²) in [6.07, 6.45) is 0.883. The Kier molecular flexibility index (Phi) is 3.59. The van der Waals surface area contributed by atoms with Crippen molar-refractivity contribution in [2.24, 2.45) is 5.73 Å². The van der Waals surface area contributed by atoms with Crippen LogP contribution in [-0.2, 0) is 6.42 Å². The van der Waals surface area contributed by atoms with Gasteiger partial charge < -0.3 is 5.73 Å². The molecule has 2 aromatic rings. The van der Waals surface area contributed by atoms with Gasteiger partial charge in [-0.2, -0.15) is 0 Å². The minimum Gasteiger partial charge on any atom is -0.330 e. The third kappa shape index (κ3) is 2.26. The first-order chi connectivity index (χ1) is 7.72. The zero-order chi connectivity index (χ0) is 11.5. The summed E-state index contributed by atoms with van der Waals surface area (Å²) in [7, 11) is 0. The fraction of sp³-hybridized carbons (Fsp3) is 0.250. The van der Waals surface area contributed by atoms with E-state index < -0.39 is 0 Å². The highest BCUT2D eigenvalue weighted by atomic mass is 35.5. The van der Waals surface area contributed by atoms with Gasteiger partial charge in [0.05, 0.1) is 10.7 Å². The van der Waals surface area contributed by atoms with Gasteiger partial charge in [0.1, 0.15) is 5.01 Å². The molecule has 1 heterocycles. The second-order valence-electron chi connectivity index (χ2n) is 3.55. The van der Waals surface area contributed by atoms with E-state index in [2.05, 4.69) is 4.98 Å². The van der Waals surface area contributed by atoms with Crippen LogP contribution in [0.3, 0.4) is 0 Å². The van der Waals surface area contributed by atoms with E-state index in [1.165, 1.54) is 4.88 Å². The first-order valence-electron chi connectivity index (χ1n) is 5.13. The molecule has 0 fully saturated rings. The summed E-state index contributed by atoms with van der Waals surface area (Å²) in [6, 6.07) is 7.77. The third-order valence-corrected chi connectivity index (χ3v) is 3.95. The molecule has 1 aromatic heterocycles. The van der Waals surface area contributed by atoms with Crippen LogP contribution in [0.5, 0.6) is 0 Å². The lowest BCUT2D eigenvalue weighted by Gasteiger charge is -1.97. The van der Waals surface area contributed by atoms with E-state index in [1.54, 1.807) is 11.3 Å². The molecule has 0 aliphatic heterocycles. The molecule has 0 atom stereocenters. The van der Waals surface area contributed by atoms with Gasteiger partial charge in [-0.25, -0.2) is 4.98 Å². The first kappa shape index (κ1) is 11.6. The van der Waals surface area contributed by atoms with Crippen LogP contribution >= 0.6 is 22.9 Å². The number of thiazole rings is 1. The van der Waals surface area contributed by atoms with Crippen LogP contribution in [0.15, 0.2) is 24.3 Å². The fourth-order valence-corrected chi connectivity index (χ4v) is 2.94. The summed E-state index contributed by atoms with van der Waals surface area (Å²) in [6.45, 7) is 2.67. The van der Waals surface area contributed by atoms with Gasteiger partial charge in [-0.3, -0.25) is 0 Å². The Labute approximate surface area is 104 Å². The van der Waals surface area contributed by atoms with Crippen LogP contribution < -0.4 is 5.73 Å². The number of aromatic nitrogens is 1. The number of nitrogens with zero attached hydrogens (tertiary/aromatic N) is 1. The number of benzene rings is 1. The molecule has 4 heteroatoms. The van der Waals surface area contributed by atoms with Crippen molar-refractivity contribution in [2.45, 2.75) is 13.3 Å². The Balaban J connectivity index is 2.42. The van der Waals surface area contributed by atoms with E-state index in [1.807, 2.05) is 31.2 Å². The van der Waals surface area contributed by atoms with Crippen molar-refractivity contribution < 1.29 is 0 Å². The molecule has 0 bridgehead atoms. The van der Waals surface area contributed by atoms with Gasteiger partial charge in [-0.15, -0.1) is 11.3 Å². The van der Waals surface area contributed by atoms with E-state index >= 15 is 0 Å². The maximum Gasteiger partial charge on any atom is 0.125 e. The number of aryl methyl sites for hydroxylation is 1. The van der Waals surface area contributed by atoms with E-state index in [-0.39, 0.29) is 0 Å². The SMILES string of the molecule is Cc1nc(-c2ccccc2Cl)sc1CCN. The van der Waals surface area contributed by atoms with Gasteiger partial charge in [0.2, 0.25) is 0 Å². The molecule has 16 heavy (non-hydrogen) atoms. The molecule has 84 valence electrons. The Morgan fingerprint density at radius 3 is 2.81 bits per heavy atom. The molecule has 0 aliphatic rings. The standard InChI is InChI=1S/C12H13ClN2S/c1-8-11(6-7-14)16-12(15-8)9-4-2-3-5-10(9)13/h2-5H,6-7,14H2,1H3. The molecule has 1 aromatic carbocycles. The number of halogens is 1. The van der Waals surface area contributed by atoms with Crippen LogP contribution in [0.2, 0.25) is 5.02 Å². The molecular formula is C12H13ClN2S. The lowest BCUT2D eigenvalue weighted by Crippen LogP contribution is -2.01. The molecule has 0 aliphatic carbocycles. The molecule has 2 nitrogen and oxygen atoms in total. The van der Waals surface area contributed by atoms with Crippen molar-refractivity contribution in [1.82, 2.24) is 4.98 Å². The Hall–Kier alpha value is -0.900. The van der Waals surface area contributed by atoms with Crippen molar-refractivity contribution in [1.29, 1.82) is 0 Å². The van der Waals surface area contributed by atoms with Crippen LogP contribution in [0, 0.1) is 6.92 Å². The fourth-order valence-electron chi connectivity index (χ4n) is 1.54. The number of nitrogens with two attached hydrogens (primary N) is 1. The summed E-state index contributed by atoms with van der Waals surface area (Å²) >= 11 is 7.82. The smallest absolute Gasteiger partial charge is 0.125 e. The van der Waals surface area contributed by atoms with Gasteiger partial charge in [0.15, 0.2) is 0 Å². The molecule has 0 radical (unpaired) electrons. The lowest BCUT2D eigenvalue weighted by atomic mass is 10.2. The first-order valence-corrected chi connectivity index (χ1v) is 6.33. The topological polar surface area (TPSA) is 38.9 Å². The summed E-state index contributed by atoms with van der Waals surface area (Å²) in [5.74, 6) is 0. The molecule has 0 amide bonds. The van der Waals surface area contributed by atoms with Crippen LogP contribution in [-0.4, -0.2) is 11.5 Å². The average molecular weight is 253 g/mol. The zero-order valence-corrected chi connectivity index (χ0v) is 10.6. The molecule has 2 rings (SSSR count). The highest BCUT2D eigenvalue weighted by molar-refractivity contribution is 7.15. The van der Waals surface area contributed by atoms with Gasteiger partial charge in [-0.1, -0.05) is 29.8 Å². The Bertz CT molecular complexity index is 494. The van der Waals surface area contributed by atoms with Crippen molar-refractivity contribution in [3.8, 4) is 10.6 Å². The predicted molar refractivity (Wildman–Crippen MR) is 70.1 cm³/mol. The molecule has 0 spiro atoms. The van der Waals surface area contributed by atoms with Crippen molar-refractivity contribution in [3.05, 3.63) is 39.9 Å². The summed E-state index contributed by atoms with van der Waals surface area (Å²) in [5.41, 5.74) is 7.62. The van der Waals surface area contributed by atoms with Crippen LogP contribution in [0.4, 0.5) is 0 Å². The Morgan fingerprint density at radius 1 is 1.38 bits per heavy atom. The zero-order valence-electron chi connectivity index (χ0n) is 9.03. The second kappa shape index (κ2) is 4.95. The highest BCUT2D eigenvalue weighted by Gasteiger charge is 2.10. The van der Waals surface area contributed by atoms with Crippen LogP contribution in [0.25, 0.3) is 10.6 Å². The van der Waals surface area contributed by atoms with Crippen molar-refractivity contribution in [2.75, 3.05) is 6.54 Å². The average Bonchev–Trinajstić information content (AvgIpc) is 2.61. The predicted octanol–water partition coefficient (Wildman–Crippen LogP) is 3.27. The summed E-state index contributed by atoms with van der Waals surface area (Å²) in [4.78, 5) is 5.79. The van der Waals surface area contributed by atoms with Crippen molar-refractivity contribution >= 4 is 22.9 Å². The monoisotopic (exact) mass is 252 g/mol. The van der Waals surface area contributed by atoms with Crippen molar-refractivity contribution in [3.63, 3.8) is 0 Å². The van der Waals surface area contributed by atoms with E-state index in [0.29, 0.717) is 6.54 Å². The van der Waals surface area contributed by atoms with E-state index in [9.17, 15) is 0 Å². The largest absolute Gasteiger partial charge is 0.330 e. The molecular weight excluding hydrogens is 240 g/mol.